The highest BCUT2D eigenvalue weighted by atomic mass is 16.6. The van der Waals surface area contributed by atoms with Gasteiger partial charge in [0.25, 0.3) is 5.69 Å². The number of nitrogens with zero attached hydrogens (tertiary/aromatic N) is 1. The van der Waals surface area contributed by atoms with Gasteiger partial charge in [0.15, 0.2) is 6.61 Å². The number of carbonyl (C=O) groups is 1. The Bertz CT molecular complexity index is 634. The van der Waals surface area contributed by atoms with Gasteiger partial charge in [-0.05, 0) is 31.2 Å². The lowest BCUT2D eigenvalue weighted by atomic mass is 10.2. The molecule has 108 valence electrons. The molecule has 6 nitrogen and oxygen atoms in total. The zero-order valence-corrected chi connectivity index (χ0v) is 11.3. The fraction of sp³-hybridized carbons (Fsp3) is 0.133. The van der Waals surface area contributed by atoms with Crippen LogP contribution in [-0.2, 0) is 4.79 Å². The van der Waals surface area contributed by atoms with Crippen molar-refractivity contribution in [3.8, 4) is 11.5 Å². The van der Waals surface area contributed by atoms with Gasteiger partial charge in [-0.15, -0.1) is 0 Å². The van der Waals surface area contributed by atoms with Crippen molar-refractivity contribution in [2.24, 2.45) is 0 Å². The van der Waals surface area contributed by atoms with Gasteiger partial charge < -0.3 is 9.47 Å². The van der Waals surface area contributed by atoms with E-state index >= 15 is 0 Å². The Morgan fingerprint density at radius 3 is 2.19 bits per heavy atom. The summed E-state index contributed by atoms with van der Waals surface area (Å²) < 4.78 is 10.3. The molecule has 0 unspecified atom stereocenters. The van der Waals surface area contributed by atoms with Gasteiger partial charge in [-0.2, -0.15) is 0 Å². The summed E-state index contributed by atoms with van der Waals surface area (Å²) in [4.78, 5) is 21.6. The van der Waals surface area contributed by atoms with E-state index in [1.54, 1.807) is 12.1 Å². The quantitative estimate of drug-likeness (QED) is 0.365. The lowest BCUT2D eigenvalue weighted by molar-refractivity contribution is -0.384. The molecule has 6 heteroatoms. The molecule has 0 saturated carbocycles. The van der Waals surface area contributed by atoms with Crippen molar-refractivity contribution in [2.75, 3.05) is 6.61 Å². The molecule has 0 atom stereocenters. The van der Waals surface area contributed by atoms with E-state index < -0.39 is 10.9 Å². The van der Waals surface area contributed by atoms with Gasteiger partial charge in [-0.1, -0.05) is 17.7 Å². The molecule has 0 aliphatic carbocycles. The number of ether oxygens (including phenoxy) is 2. The lowest BCUT2D eigenvalue weighted by Crippen LogP contribution is -2.17. The second-order valence-corrected chi connectivity index (χ2v) is 4.33. The molecule has 0 amide bonds. The Kier molecular flexibility index (Phi) is 4.50. The monoisotopic (exact) mass is 287 g/mol. The SMILES string of the molecule is Cc1ccc(OCC(=O)Oc2ccc([N+](=O)[O-])cc2)cc1. The number of esters is 1. The van der Waals surface area contributed by atoms with Gasteiger partial charge in [-0.3, -0.25) is 10.1 Å². The first-order valence-electron chi connectivity index (χ1n) is 6.19. The summed E-state index contributed by atoms with van der Waals surface area (Å²) in [5.41, 5.74) is 1.03. The van der Waals surface area contributed by atoms with Gasteiger partial charge in [0.1, 0.15) is 11.5 Å². The van der Waals surface area contributed by atoms with E-state index in [4.69, 9.17) is 9.47 Å². The van der Waals surface area contributed by atoms with Crippen LogP contribution in [-0.4, -0.2) is 17.5 Å². The number of aryl methyl sites for hydroxylation is 1. The number of nitro groups is 1. The summed E-state index contributed by atoms with van der Waals surface area (Å²) in [5, 5.41) is 10.5. The number of nitro benzene ring substituents is 1. The Hall–Kier alpha value is -2.89. The molecule has 0 N–H and O–H groups in total. The normalized spacial score (nSPS) is 9.95. The van der Waals surface area contributed by atoms with Crippen molar-refractivity contribution in [1.29, 1.82) is 0 Å². The molecule has 2 rings (SSSR count). The molecule has 2 aromatic carbocycles. The lowest BCUT2D eigenvalue weighted by Gasteiger charge is -2.06. The molecular weight excluding hydrogens is 274 g/mol. The molecule has 2 aromatic rings. The maximum absolute atomic E-state index is 11.6. The van der Waals surface area contributed by atoms with Crippen LogP contribution in [0.25, 0.3) is 0 Å². The van der Waals surface area contributed by atoms with Crippen molar-refractivity contribution in [3.05, 3.63) is 64.2 Å². The van der Waals surface area contributed by atoms with E-state index in [-0.39, 0.29) is 18.0 Å². The van der Waals surface area contributed by atoms with Crippen molar-refractivity contribution in [2.45, 2.75) is 6.92 Å². The Morgan fingerprint density at radius 2 is 1.62 bits per heavy atom. The van der Waals surface area contributed by atoms with Crippen molar-refractivity contribution >= 4 is 11.7 Å². The maximum atomic E-state index is 11.6. The standard InChI is InChI=1S/C15H13NO5/c1-11-2-6-13(7-3-11)20-10-15(17)21-14-8-4-12(5-9-14)16(18)19/h2-9H,10H2,1H3. The minimum absolute atomic E-state index is 0.0642. The first kappa shape index (κ1) is 14.5. The third kappa shape index (κ3) is 4.31. The van der Waals surface area contributed by atoms with Crippen LogP contribution in [0, 0.1) is 17.0 Å². The Labute approximate surface area is 121 Å². The summed E-state index contributed by atoms with van der Waals surface area (Å²) in [6.07, 6.45) is 0. The van der Waals surface area contributed by atoms with E-state index in [1.165, 1.54) is 24.3 Å². The molecule has 0 aliphatic rings. The van der Waals surface area contributed by atoms with E-state index in [2.05, 4.69) is 0 Å². The Balaban J connectivity index is 1.86. The zero-order chi connectivity index (χ0) is 15.2. The zero-order valence-electron chi connectivity index (χ0n) is 11.3. The molecule has 0 aliphatic heterocycles. The molecule has 0 fully saturated rings. The Morgan fingerprint density at radius 1 is 1.05 bits per heavy atom. The first-order valence-corrected chi connectivity index (χ1v) is 6.19. The van der Waals surface area contributed by atoms with Gasteiger partial charge in [0.05, 0.1) is 4.92 Å². The highest BCUT2D eigenvalue weighted by molar-refractivity contribution is 5.74. The van der Waals surface area contributed by atoms with E-state index in [0.717, 1.165) is 5.56 Å². The van der Waals surface area contributed by atoms with Crippen molar-refractivity contribution in [1.82, 2.24) is 0 Å². The van der Waals surface area contributed by atoms with E-state index in [9.17, 15) is 14.9 Å². The summed E-state index contributed by atoms with van der Waals surface area (Å²) in [6.45, 7) is 1.71. The molecule has 0 aromatic heterocycles. The van der Waals surface area contributed by atoms with Gasteiger partial charge in [0, 0.05) is 12.1 Å². The molecule has 0 spiro atoms. The van der Waals surface area contributed by atoms with Crippen molar-refractivity contribution < 1.29 is 19.2 Å². The number of carbonyl (C=O) groups excluding carboxylic acids is 1. The van der Waals surface area contributed by atoms with Crippen LogP contribution in [0.5, 0.6) is 11.5 Å². The van der Waals surface area contributed by atoms with Gasteiger partial charge in [0.2, 0.25) is 0 Å². The number of rotatable bonds is 5. The van der Waals surface area contributed by atoms with Crippen LogP contribution in [0.3, 0.4) is 0 Å². The smallest absolute Gasteiger partial charge is 0.349 e. The van der Waals surface area contributed by atoms with E-state index in [0.29, 0.717) is 5.75 Å². The fourth-order valence-corrected chi connectivity index (χ4v) is 1.57. The summed E-state index contributed by atoms with van der Waals surface area (Å²) in [6, 6.07) is 12.5. The van der Waals surface area contributed by atoms with Crippen LogP contribution in [0.2, 0.25) is 0 Å². The van der Waals surface area contributed by atoms with Crippen LogP contribution in [0.15, 0.2) is 48.5 Å². The summed E-state index contributed by atoms with van der Waals surface area (Å²) in [7, 11) is 0. The predicted molar refractivity (Wildman–Crippen MR) is 75.4 cm³/mol. The average molecular weight is 287 g/mol. The van der Waals surface area contributed by atoms with Crippen molar-refractivity contribution in [3.63, 3.8) is 0 Å². The number of non-ortho nitro benzene ring substituents is 1. The molecule has 0 saturated heterocycles. The molecule has 0 heterocycles. The van der Waals surface area contributed by atoms with Crippen LogP contribution >= 0.6 is 0 Å². The van der Waals surface area contributed by atoms with Crippen LogP contribution in [0.4, 0.5) is 5.69 Å². The first-order chi connectivity index (χ1) is 10.0. The number of hydrogen-bond donors (Lipinski definition) is 0. The summed E-state index contributed by atoms with van der Waals surface area (Å²) in [5.74, 6) is 0.226. The highest BCUT2D eigenvalue weighted by Gasteiger charge is 2.09. The molecule has 0 bridgehead atoms. The average Bonchev–Trinajstić information content (AvgIpc) is 2.47. The third-order valence-electron chi connectivity index (χ3n) is 2.66. The minimum Gasteiger partial charge on any atom is -0.482 e. The molecule has 0 radical (unpaired) electrons. The van der Waals surface area contributed by atoms with Crippen LogP contribution in [0.1, 0.15) is 5.56 Å². The second kappa shape index (κ2) is 6.51. The summed E-state index contributed by atoms with van der Waals surface area (Å²) >= 11 is 0. The minimum atomic E-state index is -0.579. The third-order valence-corrected chi connectivity index (χ3v) is 2.66. The number of benzene rings is 2. The predicted octanol–water partition coefficient (Wildman–Crippen LogP) is 2.89. The second-order valence-electron chi connectivity index (χ2n) is 4.33. The van der Waals surface area contributed by atoms with E-state index in [1.807, 2.05) is 19.1 Å². The largest absolute Gasteiger partial charge is 0.482 e. The van der Waals surface area contributed by atoms with Gasteiger partial charge in [-0.25, -0.2) is 4.79 Å². The van der Waals surface area contributed by atoms with Crippen LogP contribution < -0.4 is 9.47 Å². The maximum Gasteiger partial charge on any atom is 0.349 e. The van der Waals surface area contributed by atoms with Gasteiger partial charge >= 0.3 is 5.97 Å². The molecular formula is C15H13NO5. The number of hydrogen-bond acceptors (Lipinski definition) is 5. The highest BCUT2D eigenvalue weighted by Crippen LogP contribution is 2.17. The fourth-order valence-electron chi connectivity index (χ4n) is 1.57. The molecule has 21 heavy (non-hydrogen) atoms. The topological polar surface area (TPSA) is 78.7 Å².